The van der Waals surface area contributed by atoms with Gasteiger partial charge in [-0.1, -0.05) is 58.0 Å². The van der Waals surface area contributed by atoms with E-state index in [0.29, 0.717) is 12.1 Å². The Labute approximate surface area is 190 Å². The van der Waals surface area contributed by atoms with Crippen LogP contribution in [0.15, 0.2) is 12.1 Å². The molecule has 0 bridgehead atoms. The van der Waals surface area contributed by atoms with Crippen molar-refractivity contribution in [1.82, 2.24) is 24.7 Å². The van der Waals surface area contributed by atoms with Crippen LogP contribution in [-0.4, -0.2) is 24.7 Å². The summed E-state index contributed by atoms with van der Waals surface area (Å²) in [6.07, 6.45) is -4.70. The Kier molecular flexibility index (Phi) is 5.84. The van der Waals surface area contributed by atoms with E-state index in [0.717, 1.165) is 4.68 Å². The van der Waals surface area contributed by atoms with Crippen LogP contribution in [0.5, 0.6) is 0 Å². The first-order valence-corrected chi connectivity index (χ1v) is 9.27. The number of benzene rings is 1. The summed E-state index contributed by atoms with van der Waals surface area (Å²) in [6.45, 7) is 0. The molecular weight excluding hydrogens is 512 g/mol. The van der Waals surface area contributed by atoms with Crippen molar-refractivity contribution in [2.24, 2.45) is 0 Å². The summed E-state index contributed by atoms with van der Waals surface area (Å²) in [7, 11) is 0. The van der Waals surface area contributed by atoms with Crippen LogP contribution in [0.3, 0.4) is 0 Å². The lowest BCUT2D eigenvalue weighted by Gasteiger charge is -2.16. The summed E-state index contributed by atoms with van der Waals surface area (Å²) in [5.74, 6) is -0.739. The fourth-order valence-corrected chi connectivity index (χ4v) is 3.34. The van der Waals surface area contributed by atoms with Crippen LogP contribution in [0.25, 0.3) is 17.3 Å². The molecule has 0 saturated carbocycles. The maximum atomic E-state index is 13.0. The summed E-state index contributed by atoms with van der Waals surface area (Å²) in [4.78, 5) is 10.4. The summed E-state index contributed by atoms with van der Waals surface area (Å²) in [6, 6.07) is 4.68. The molecule has 3 rings (SSSR count). The lowest BCUT2D eigenvalue weighted by atomic mass is 10.2. The number of alkyl halides is 6. The van der Waals surface area contributed by atoms with E-state index in [9.17, 15) is 13.2 Å². The predicted molar refractivity (Wildman–Crippen MR) is 103 cm³/mol. The SMILES string of the molecule is N#Cc1nc(-c2nc(C(Cl)(Cl)Cl)n(-c3c(Cl)cc(C(F)(F)F)cc3Cl)n2)[nH]c1C#N. The average Bonchev–Trinajstić information content (AvgIpc) is 3.23. The van der Waals surface area contributed by atoms with Gasteiger partial charge in [-0.05, 0) is 12.1 Å². The maximum absolute atomic E-state index is 13.0. The van der Waals surface area contributed by atoms with Gasteiger partial charge in [-0.25, -0.2) is 14.6 Å². The number of nitrogens with zero attached hydrogens (tertiary/aromatic N) is 6. The van der Waals surface area contributed by atoms with Gasteiger partial charge in [0.15, 0.2) is 23.0 Å². The minimum atomic E-state index is -4.70. The number of rotatable bonds is 2. The maximum Gasteiger partial charge on any atom is 0.416 e. The minimum absolute atomic E-state index is 0.128. The van der Waals surface area contributed by atoms with Crippen LogP contribution in [0.1, 0.15) is 22.8 Å². The number of hydrogen-bond acceptors (Lipinski definition) is 5. The van der Waals surface area contributed by atoms with E-state index in [4.69, 9.17) is 68.5 Å². The van der Waals surface area contributed by atoms with E-state index < -0.39 is 25.6 Å². The number of aromatic nitrogens is 5. The highest BCUT2D eigenvalue weighted by molar-refractivity contribution is 6.66. The van der Waals surface area contributed by atoms with Gasteiger partial charge in [0.2, 0.25) is 9.62 Å². The van der Waals surface area contributed by atoms with E-state index in [-0.39, 0.29) is 34.5 Å². The summed E-state index contributed by atoms with van der Waals surface area (Å²) in [5, 5.41) is 21.2. The Morgan fingerprint density at radius 1 is 1.00 bits per heavy atom. The van der Waals surface area contributed by atoms with Crippen molar-refractivity contribution in [3.8, 4) is 29.5 Å². The molecule has 0 atom stereocenters. The Morgan fingerprint density at radius 2 is 1.60 bits per heavy atom. The van der Waals surface area contributed by atoms with Crippen molar-refractivity contribution in [3.05, 3.63) is 45.0 Å². The number of imidazole rings is 1. The van der Waals surface area contributed by atoms with Gasteiger partial charge >= 0.3 is 6.18 Å². The molecule has 15 heteroatoms. The molecular formula is C15H3Cl5F3N7. The molecule has 0 amide bonds. The zero-order chi connectivity index (χ0) is 22.4. The number of halogens is 8. The van der Waals surface area contributed by atoms with Gasteiger partial charge in [0.05, 0.1) is 15.6 Å². The highest BCUT2D eigenvalue weighted by Gasteiger charge is 2.36. The summed E-state index contributed by atoms with van der Waals surface area (Å²) < 4.78 is 37.6. The summed E-state index contributed by atoms with van der Waals surface area (Å²) >= 11 is 29.8. The topological polar surface area (TPSA) is 107 Å². The quantitative estimate of drug-likeness (QED) is 0.450. The van der Waals surface area contributed by atoms with Crippen molar-refractivity contribution in [2.75, 3.05) is 0 Å². The molecule has 1 N–H and O–H groups in total. The van der Waals surface area contributed by atoms with Crippen LogP contribution in [-0.2, 0) is 9.97 Å². The largest absolute Gasteiger partial charge is 0.416 e. The lowest BCUT2D eigenvalue weighted by Crippen LogP contribution is -2.13. The highest BCUT2D eigenvalue weighted by Crippen LogP contribution is 2.42. The molecule has 7 nitrogen and oxygen atoms in total. The van der Waals surface area contributed by atoms with Gasteiger partial charge < -0.3 is 4.98 Å². The molecule has 2 aromatic heterocycles. The minimum Gasteiger partial charge on any atom is -0.326 e. The number of H-pyrrole nitrogens is 1. The van der Waals surface area contributed by atoms with Crippen LogP contribution in [0.2, 0.25) is 10.0 Å². The average molecular weight is 515 g/mol. The molecule has 0 aliphatic heterocycles. The molecule has 154 valence electrons. The van der Waals surface area contributed by atoms with E-state index in [1.54, 1.807) is 12.1 Å². The molecule has 0 unspecified atom stereocenters. The van der Waals surface area contributed by atoms with Crippen LogP contribution in [0.4, 0.5) is 13.2 Å². The molecule has 1 aromatic carbocycles. The standard InChI is InChI=1S/C15H3Cl5F3N7/c16-6-1-5(15(21,22)23)2-7(17)10(6)30-13(14(18,19)20)28-12(29-30)11-26-8(3-24)9(4-25)27-11/h1-2H,(H,26,27). The molecule has 0 spiro atoms. The van der Waals surface area contributed by atoms with Crippen molar-refractivity contribution in [2.45, 2.75) is 9.97 Å². The summed E-state index contributed by atoms with van der Waals surface area (Å²) in [5.41, 5.74) is -1.73. The molecule has 30 heavy (non-hydrogen) atoms. The Bertz CT molecular complexity index is 1170. The third-order valence-corrected chi connectivity index (χ3v) is 4.63. The van der Waals surface area contributed by atoms with Crippen LogP contribution < -0.4 is 0 Å². The number of aromatic amines is 1. The van der Waals surface area contributed by atoms with Crippen molar-refractivity contribution < 1.29 is 13.2 Å². The number of hydrogen-bond donors (Lipinski definition) is 1. The first-order chi connectivity index (χ1) is 13.9. The normalized spacial score (nSPS) is 11.9. The number of nitrogens with one attached hydrogen (secondary N) is 1. The zero-order valence-electron chi connectivity index (χ0n) is 13.9. The molecule has 3 aromatic rings. The Balaban J connectivity index is 2.26. The zero-order valence-corrected chi connectivity index (χ0v) is 17.6. The molecule has 0 fully saturated rings. The first kappa shape index (κ1) is 22.5. The molecule has 0 saturated heterocycles. The van der Waals surface area contributed by atoms with Gasteiger partial charge in [-0.15, -0.1) is 5.10 Å². The molecule has 0 aliphatic carbocycles. The van der Waals surface area contributed by atoms with E-state index in [1.807, 2.05) is 0 Å². The van der Waals surface area contributed by atoms with Gasteiger partial charge in [-0.2, -0.15) is 23.7 Å². The van der Waals surface area contributed by atoms with Crippen molar-refractivity contribution >= 4 is 58.0 Å². The fraction of sp³-hybridized carbons (Fsp3) is 0.133. The highest BCUT2D eigenvalue weighted by atomic mass is 35.6. The first-order valence-electron chi connectivity index (χ1n) is 7.38. The molecule has 0 radical (unpaired) electrons. The van der Waals surface area contributed by atoms with Crippen molar-refractivity contribution in [3.63, 3.8) is 0 Å². The second-order valence-corrected chi connectivity index (χ2v) is 8.58. The lowest BCUT2D eigenvalue weighted by molar-refractivity contribution is -0.137. The van der Waals surface area contributed by atoms with Crippen LogP contribution >= 0.6 is 58.0 Å². The van der Waals surface area contributed by atoms with Crippen LogP contribution in [0, 0.1) is 22.7 Å². The van der Waals surface area contributed by atoms with Gasteiger partial charge in [0.25, 0.3) is 0 Å². The second-order valence-electron chi connectivity index (χ2n) is 5.49. The molecule has 2 heterocycles. The van der Waals surface area contributed by atoms with Gasteiger partial charge in [0, 0.05) is 0 Å². The molecule has 0 aliphatic rings. The Hall–Kier alpha value is -2.21. The number of nitriles is 2. The van der Waals surface area contributed by atoms with Crippen molar-refractivity contribution in [1.29, 1.82) is 10.5 Å². The third-order valence-electron chi connectivity index (χ3n) is 3.55. The predicted octanol–water partition coefficient (Wildman–Crippen LogP) is 5.55. The third kappa shape index (κ3) is 4.15. The monoisotopic (exact) mass is 513 g/mol. The van der Waals surface area contributed by atoms with Gasteiger partial charge in [-0.3, -0.25) is 0 Å². The smallest absolute Gasteiger partial charge is 0.326 e. The van der Waals surface area contributed by atoms with E-state index in [1.165, 1.54) is 0 Å². The second kappa shape index (κ2) is 7.80. The fourth-order valence-electron chi connectivity index (χ4n) is 2.32. The van der Waals surface area contributed by atoms with E-state index in [2.05, 4.69) is 20.1 Å². The van der Waals surface area contributed by atoms with Gasteiger partial charge in [0.1, 0.15) is 17.8 Å². The van der Waals surface area contributed by atoms with E-state index >= 15 is 0 Å². The Morgan fingerprint density at radius 3 is 2.03 bits per heavy atom.